The lowest BCUT2D eigenvalue weighted by Gasteiger charge is -2.29. The van der Waals surface area contributed by atoms with Gasteiger partial charge in [0, 0.05) is 25.2 Å². The Balaban J connectivity index is 2.07. The van der Waals surface area contributed by atoms with Crippen molar-refractivity contribution in [2.75, 3.05) is 13.1 Å². The van der Waals surface area contributed by atoms with Crippen LogP contribution in [0, 0.1) is 16.0 Å². The maximum atomic E-state index is 12.3. The summed E-state index contributed by atoms with van der Waals surface area (Å²) in [4.78, 5) is 21.0. The summed E-state index contributed by atoms with van der Waals surface area (Å²) in [6, 6.07) is 5.50. The molecule has 2 rings (SSSR count). The number of rotatable bonds is 5. The molecule has 22 heavy (non-hydrogen) atoms. The number of non-ortho nitro benzene ring substituents is 1. The molecule has 0 atom stereocenters. The Morgan fingerprint density at radius 3 is 2.55 bits per heavy atom. The molecule has 0 amide bonds. The molecular formula is C13H16N2O6S. The molecule has 1 aromatic rings. The van der Waals surface area contributed by atoms with Gasteiger partial charge in [0.15, 0.2) is 0 Å². The highest BCUT2D eigenvalue weighted by atomic mass is 32.2. The van der Waals surface area contributed by atoms with Gasteiger partial charge in [-0.1, -0.05) is 12.1 Å². The molecule has 0 spiro atoms. The number of carbonyl (C=O) groups is 1. The second-order valence-corrected chi connectivity index (χ2v) is 7.16. The fourth-order valence-corrected chi connectivity index (χ4v) is 3.99. The van der Waals surface area contributed by atoms with Gasteiger partial charge in [0.2, 0.25) is 10.0 Å². The number of carboxylic acid groups (broad SMARTS) is 1. The van der Waals surface area contributed by atoms with Crippen molar-refractivity contribution in [2.24, 2.45) is 5.92 Å². The highest BCUT2D eigenvalue weighted by Crippen LogP contribution is 2.23. The van der Waals surface area contributed by atoms with E-state index in [2.05, 4.69) is 0 Å². The summed E-state index contributed by atoms with van der Waals surface area (Å²) >= 11 is 0. The van der Waals surface area contributed by atoms with Gasteiger partial charge in [-0.15, -0.1) is 0 Å². The Bertz CT molecular complexity index is 680. The first-order valence-electron chi connectivity index (χ1n) is 6.73. The molecule has 8 nitrogen and oxygen atoms in total. The lowest BCUT2D eigenvalue weighted by Crippen LogP contribution is -2.40. The van der Waals surface area contributed by atoms with E-state index in [-0.39, 0.29) is 37.4 Å². The Morgan fingerprint density at radius 1 is 1.36 bits per heavy atom. The molecule has 0 radical (unpaired) electrons. The number of nitro groups is 1. The molecule has 0 unspecified atom stereocenters. The average Bonchev–Trinajstić information content (AvgIpc) is 2.47. The molecule has 1 N–H and O–H groups in total. The van der Waals surface area contributed by atoms with Gasteiger partial charge in [0.05, 0.1) is 16.6 Å². The summed E-state index contributed by atoms with van der Waals surface area (Å²) in [6.07, 6.45) is 0.563. The number of nitro benzene ring substituents is 1. The maximum absolute atomic E-state index is 12.3. The lowest BCUT2D eigenvalue weighted by atomic mass is 9.99. The van der Waals surface area contributed by atoms with E-state index in [1.165, 1.54) is 28.6 Å². The van der Waals surface area contributed by atoms with Crippen molar-refractivity contribution in [1.29, 1.82) is 0 Å². The maximum Gasteiger partial charge on any atom is 0.306 e. The second kappa shape index (κ2) is 6.41. The van der Waals surface area contributed by atoms with E-state index in [4.69, 9.17) is 5.11 Å². The zero-order valence-corrected chi connectivity index (χ0v) is 12.5. The number of nitrogens with zero attached hydrogens (tertiary/aromatic N) is 2. The van der Waals surface area contributed by atoms with Gasteiger partial charge in [0.1, 0.15) is 0 Å². The molecule has 1 heterocycles. The number of hydrogen-bond donors (Lipinski definition) is 1. The van der Waals surface area contributed by atoms with Crippen LogP contribution < -0.4 is 0 Å². The number of sulfonamides is 1. The minimum atomic E-state index is -3.61. The monoisotopic (exact) mass is 328 g/mol. The molecule has 0 saturated carbocycles. The van der Waals surface area contributed by atoms with Crippen molar-refractivity contribution in [3.63, 3.8) is 0 Å². The van der Waals surface area contributed by atoms with Crippen LogP contribution in [0.25, 0.3) is 0 Å². The van der Waals surface area contributed by atoms with Crippen molar-refractivity contribution in [2.45, 2.75) is 18.6 Å². The topological polar surface area (TPSA) is 118 Å². The van der Waals surface area contributed by atoms with Crippen LogP contribution in [0.2, 0.25) is 0 Å². The van der Waals surface area contributed by atoms with Gasteiger partial charge in [-0.3, -0.25) is 14.9 Å². The summed E-state index contributed by atoms with van der Waals surface area (Å²) < 4.78 is 25.9. The molecule has 9 heteroatoms. The number of hydrogen-bond acceptors (Lipinski definition) is 5. The predicted molar refractivity (Wildman–Crippen MR) is 77.7 cm³/mol. The molecule has 1 aliphatic rings. The van der Waals surface area contributed by atoms with E-state index in [1.807, 2.05) is 0 Å². The smallest absolute Gasteiger partial charge is 0.306 e. The third kappa shape index (κ3) is 3.80. The highest BCUT2D eigenvalue weighted by molar-refractivity contribution is 7.88. The van der Waals surface area contributed by atoms with E-state index >= 15 is 0 Å². The van der Waals surface area contributed by atoms with Crippen LogP contribution in [0.1, 0.15) is 18.4 Å². The Kier molecular flexibility index (Phi) is 4.77. The van der Waals surface area contributed by atoms with Crippen LogP contribution >= 0.6 is 0 Å². The SMILES string of the molecule is O=C(O)C1CCN(S(=O)(=O)Cc2cccc([N+](=O)[O-])c2)CC1. The summed E-state index contributed by atoms with van der Waals surface area (Å²) in [7, 11) is -3.61. The third-order valence-corrected chi connectivity index (χ3v) is 5.52. The average molecular weight is 328 g/mol. The number of aliphatic carboxylic acids is 1. The molecule has 0 aromatic heterocycles. The standard InChI is InChI=1S/C13H16N2O6S/c16-13(17)11-4-6-14(7-5-11)22(20,21)9-10-2-1-3-12(8-10)15(18)19/h1-3,8,11H,4-7,9H2,(H,16,17). The minimum absolute atomic E-state index is 0.155. The van der Waals surface area contributed by atoms with Gasteiger partial charge < -0.3 is 5.11 Å². The Hall–Kier alpha value is -2.00. The number of carboxylic acids is 1. The Morgan fingerprint density at radius 2 is 2.00 bits per heavy atom. The van der Waals surface area contributed by atoms with Gasteiger partial charge >= 0.3 is 5.97 Å². The lowest BCUT2D eigenvalue weighted by molar-refractivity contribution is -0.384. The summed E-state index contributed by atoms with van der Waals surface area (Å²) in [5.41, 5.74) is 0.187. The van der Waals surface area contributed by atoms with Crippen LogP contribution in [-0.2, 0) is 20.6 Å². The van der Waals surface area contributed by atoms with E-state index in [9.17, 15) is 23.3 Å². The quantitative estimate of drug-likeness (QED) is 0.641. The van der Waals surface area contributed by atoms with Crippen molar-refractivity contribution in [3.05, 3.63) is 39.9 Å². The molecule has 1 aromatic carbocycles. The van der Waals surface area contributed by atoms with Crippen LogP contribution in [0.3, 0.4) is 0 Å². The molecule has 1 aliphatic heterocycles. The van der Waals surface area contributed by atoms with Gasteiger partial charge in [-0.2, -0.15) is 0 Å². The summed E-state index contributed by atoms with van der Waals surface area (Å²) in [5.74, 6) is -1.74. The Labute approximate surface area is 127 Å². The van der Waals surface area contributed by atoms with Gasteiger partial charge in [-0.05, 0) is 18.4 Å². The molecule has 1 saturated heterocycles. The van der Waals surface area contributed by atoms with Gasteiger partial charge in [0.25, 0.3) is 5.69 Å². The normalized spacial score (nSPS) is 17.3. The summed E-state index contributed by atoms with van der Waals surface area (Å²) in [6.45, 7) is 0.322. The van der Waals surface area contributed by atoms with E-state index in [0.717, 1.165) is 0 Å². The van der Waals surface area contributed by atoms with Crippen LogP contribution in [-0.4, -0.2) is 41.8 Å². The number of piperidine rings is 1. The molecule has 0 aliphatic carbocycles. The van der Waals surface area contributed by atoms with E-state index in [1.54, 1.807) is 0 Å². The largest absolute Gasteiger partial charge is 0.481 e. The van der Waals surface area contributed by atoms with E-state index < -0.39 is 26.8 Å². The van der Waals surface area contributed by atoms with Crippen molar-refractivity contribution < 1.29 is 23.2 Å². The zero-order valence-electron chi connectivity index (χ0n) is 11.7. The fourth-order valence-electron chi connectivity index (χ4n) is 2.44. The van der Waals surface area contributed by atoms with Crippen molar-refractivity contribution in [1.82, 2.24) is 4.31 Å². The predicted octanol–water partition coefficient (Wildman–Crippen LogP) is 1.22. The highest BCUT2D eigenvalue weighted by Gasteiger charge is 2.31. The minimum Gasteiger partial charge on any atom is -0.481 e. The second-order valence-electron chi connectivity index (χ2n) is 5.19. The summed E-state index contributed by atoms with van der Waals surface area (Å²) in [5, 5.41) is 19.6. The first-order valence-corrected chi connectivity index (χ1v) is 8.34. The van der Waals surface area contributed by atoms with Crippen LogP contribution in [0.4, 0.5) is 5.69 Å². The molecule has 120 valence electrons. The number of benzene rings is 1. The molecule has 1 fully saturated rings. The van der Waals surface area contributed by atoms with E-state index in [0.29, 0.717) is 5.56 Å². The first-order chi connectivity index (χ1) is 10.3. The molecule has 0 bridgehead atoms. The zero-order chi connectivity index (χ0) is 16.3. The van der Waals surface area contributed by atoms with Crippen LogP contribution in [0.15, 0.2) is 24.3 Å². The van der Waals surface area contributed by atoms with Crippen molar-refractivity contribution in [3.8, 4) is 0 Å². The van der Waals surface area contributed by atoms with Crippen molar-refractivity contribution >= 4 is 21.7 Å². The third-order valence-electron chi connectivity index (χ3n) is 3.67. The van der Waals surface area contributed by atoms with Gasteiger partial charge in [-0.25, -0.2) is 12.7 Å². The molecular weight excluding hydrogens is 312 g/mol. The first kappa shape index (κ1) is 16.4. The van der Waals surface area contributed by atoms with Crippen LogP contribution in [0.5, 0.6) is 0 Å². The fraction of sp³-hybridized carbons (Fsp3) is 0.462.